The first-order valence-electron chi connectivity index (χ1n) is 10.5. The molecular weight excluding hydrogens is 408 g/mol. The van der Waals surface area contributed by atoms with Crippen LogP contribution in [0.15, 0.2) is 53.5 Å². The lowest BCUT2D eigenvalue weighted by molar-refractivity contribution is 0.102. The van der Waals surface area contributed by atoms with Crippen LogP contribution in [0.4, 0.5) is 17.2 Å². The Bertz CT molecular complexity index is 1210. The van der Waals surface area contributed by atoms with E-state index in [1.165, 1.54) is 18.1 Å². The number of aromatic amines is 1. The van der Waals surface area contributed by atoms with Gasteiger partial charge in [-0.3, -0.25) is 14.8 Å². The molecule has 1 aromatic carbocycles. The number of aromatic nitrogens is 4. The molecule has 0 aliphatic carbocycles. The van der Waals surface area contributed by atoms with Gasteiger partial charge in [0.25, 0.3) is 5.91 Å². The Labute approximate surface area is 184 Å². The molecule has 1 aliphatic heterocycles. The lowest BCUT2D eigenvalue weighted by atomic mass is 10.1. The lowest BCUT2D eigenvalue weighted by Gasteiger charge is -2.32. The number of fused-ring (bicyclic) bond motifs is 1. The summed E-state index contributed by atoms with van der Waals surface area (Å²) in [5.41, 5.74) is 3.91. The maximum Gasteiger partial charge on any atom is 0.275 e. The van der Waals surface area contributed by atoms with Gasteiger partial charge < -0.3 is 20.0 Å². The highest BCUT2D eigenvalue weighted by atomic mass is 16.3. The van der Waals surface area contributed by atoms with Crippen LogP contribution >= 0.6 is 0 Å². The number of hydrogen-bond donors (Lipinski definition) is 3. The zero-order valence-electron chi connectivity index (χ0n) is 17.7. The summed E-state index contributed by atoms with van der Waals surface area (Å²) in [5, 5.41) is 12.8. The van der Waals surface area contributed by atoms with Gasteiger partial charge in [0, 0.05) is 44.5 Å². The number of benzene rings is 1. The monoisotopic (exact) mass is 432 g/mol. The molecule has 1 amide bonds. The molecule has 1 aliphatic rings. The number of furan rings is 1. The van der Waals surface area contributed by atoms with Crippen molar-refractivity contribution in [1.82, 2.24) is 30.0 Å². The van der Waals surface area contributed by atoms with Crippen LogP contribution in [-0.4, -0.2) is 69.1 Å². The second-order valence-corrected chi connectivity index (χ2v) is 7.87. The van der Waals surface area contributed by atoms with Crippen molar-refractivity contribution in [3.63, 3.8) is 0 Å². The third kappa shape index (κ3) is 4.32. The summed E-state index contributed by atoms with van der Waals surface area (Å²) < 4.78 is 5.44. The molecule has 5 rings (SSSR count). The van der Waals surface area contributed by atoms with Gasteiger partial charge in [-0.2, -0.15) is 5.10 Å². The number of piperazine rings is 1. The number of anilines is 3. The molecule has 3 N–H and O–H groups in total. The minimum absolute atomic E-state index is 0.296. The highest BCUT2D eigenvalue weighted by Gasteiger charge is 2.17. The molecule has 4 aromatic rings. The Morgan fingerprint density at radius 2 is 1.94 bits per heavy atom. The fourth-order valence-corrected chi connectivity index (χ4v) is 3.71. The maximum atomic E-state index is 12.8. The zero-order chi connectivity index (χ0) is 21.9. The average Bonchev–Trinajstić information content (AvgIpc) is 3.47. The predicted octanol–water partition coefficient (Wildman–Crippen LogP) is 2.69. The van der Waals surface area contributed by atoms with Crippen molar-refractivity contribution in [3.05, 3.63) is 60.4 Å². The number of amides is 1. The summed E-state index contributed by atoms with van der Waals surface area (Å²) in [5.74, 6) is 0.158. The molecular formula is C22H24N8O2. The summed E-state index contributed by atoms with van der Waals surface area (Å²) in [7, 11) is 2.15. The molecule has 1 fully saturated rings. The summed E-state index contributed by atoms with van der Waals surface area (Å²) >= 11 is 0. The third-order valence-electron chi connectivity index (χ3n) is 5.58. The first-order valence-corrected chi connectivity index (χ1v) is 10.5. The van der Waals surface area contributed by atoms with Gasteiger partial charge in [0.05, 0.1) is 18.1 Å². The molecule has 1 saturated heterocycles. The van der Waals surface area contributed by atoms with Crippen LogP contribution in [-0.2, 0) is 6.54 Å². The predicted molar refractivity (Wildman–Crippen MR) is 121 cm³/mol. The van der Waals surface area contributed by atoms with Gasteiger partial charge in [0.2, 0.25) is 0 Å². The number of hydrogen-bond acceptors (Lipinski definition) is 8. The van der Waals surface area contributed by atoms with E-state index in [9.17, 15) is 4.79 Å². The number of likely N-dealkylation sites (N-methyl/N-ethyl adjacent to an activating group) is 1. The molecule has 0 atom stereocenters. The summed E-state index contributed by atoms with van der Waals surface area (Å²) in [6, 6.07) is 9.69. The van der Waals surface area contributed by atoms with Gasteiger partial charge >= 0.3 is 0 Å². The Morgan fingerprint density at radius 1 is 1.12 bits per heavy atom. The maximum absolute atomic E-state index is 12.8. The van der Waals surface area contributed by atoms with E-state index in [2.05, 4.69) is 59.8 Å². The minimum Gasteiger partial charge on any atom is -0.459 e. The summed E-state index contributed by atoms with van der Waals surface area (Å²) in [6.07, 6.45) is 4.51. The van der Waals surface area contributed by atoms with Crippen molar-refractivity contribution in [2.45, 2.75) is 6.54 Å². The SMILES string of the molecule is CN1CCN(Cc2ccc(NC(=O)c3[nH]ncc3Nc3ncnc4ccoc34)cc2)CC1. The van der Waals surface area contributed by atoms with E-state index in [0.717, 1.165) is 32.7 Å². The number of carbonyl (C=O) groups excluding carboxylic acids is 1. The van der Waals surface area contributed by atoms with Gasteiger partial charge in [-0.25, -0.2) is 9.97 Å². The fraction of sp³-hybridized carbons (Fsp3) is 0.273. The van der Waals surface area contributed by atoms with Crippen LogP contribution in [0.25, 0.3) is 11.1 Å². The fourth-order valence-electron chi connectivity index (χ4n) is 3.71. The van der Waals surface area contributed by atoms with E-state index < -0.39 is 0 Å². The zero-order valence-corrected chi connectivity index (χ0v) is 17.7. The van der Waals surface area contributed by atoms with Gasteiger partial charge in [0.15, 0.2) is 11.4 Å². The Hall–Kier alpha value is -3.76. The number of H-pyrrole nitrogens is 1. The average molecular weight is 432 g/mol. The van der Waals surface area contributed by atoms with Crippen molar-refractivity contribution in [3.8, 4) is 0 Å². The molecule has 10 nitrogen and oxygen atoms in total. The smallest absolute Gasteiger partial charge is 0.275 e. The number of carbonyl (C=O) groups is 1. The highest BCUT2D eigenvalue weighted by Crippen LogP contribution is 2.25. The molecule has 0 radical (unpaired) electrons. The first kappa shape index (κ1) is 20.2. The van der Waals surface area contributed by atoms with Gasteiger partial charge in [-0.05, 0) is 24.7 Å². The van der Waals surface area contributed by atoms with Crippen molar-refractivity contribution < 1.29 is 9.21 Å². The quantitative estimate of drug-likeness (QED) is 0.426. The molecule has 0 saturated carbocycles. The number of nitrogens with one attached hydrogen (secondary N) is 3. The van der Waals surface area contributed by atoms with E-state index in [-0.39, 0.29) is 5.91 Å². The summed E-state index contributed by atoms with van der Waals surface area (Å²) in [4.78, 5) is 26.0. The molecule has 0 spiro atoms. The van der Waals surface area contributed by atoms with Crippen molar-refractivity contribution in [1.29, 1.82) is 0 Å². The van der Waals surface area contributed by atoms with E-state index in [4.69, 9.17) is 4.42 Å². The van der Waals surface area contributed by atoms with Gasteiger partial charge in [-0.1, -0.05) is 12.1 Å². The van der Waals surface area contributed by atoms with Crippen LogP contribution in [0.3, 0.4) is 0 Å². The second kappa shape index (κ2) is 8.77. The molecule has 0 unspecified atom stereocenters. The second-order valence-electron chi connectivity index (χ2n) is 7.87. The Kier molecular flexibility index (Phi) is 5.53. The molecule has 32 heavy (non-hydrogen) atoms. The standard InChI is InChI=1S/C22H24N8O2/c1-29-7-9-30(10-8-29)13-15-2-4-16(5-3-15)26-22(31)19-18(12-25-28-19)27-21-20-17(6-11-32-20)23-14-24-21/h2-6,11-12,14H,7-10,13H2,1H3,(H,25,28)(H,26,31)(H,23,24,27). The number of nitrogens with zero attached hydrogens (tertiary/aromatic N) is 5. The molecule has 10 heteroatoms. The van der Waals surface area contributed by atoms with Crippen LogP contribution in [0.2, 0.25) is 0 Å². The van der Waals surface area contributed by atoms with Crippen molar-refractivity contribution >= 4 is 34.2 Å². The Morgan fingerprint density at radius 3 is 2.75 bits per heavy atom. The molecule has 4 heterocycles. The highest BCUT2D eigenvalue weighted by molar-refractivity contribution is 6.07. The largest absolute Gasteiger partial charge is 0.459 e. The van der Waals surface area contributed by atoms with Crippen molar-refractivity contribution in [2.75, 3.05) is 43.9 Å². The van der Waals surface area contributed by atoms with E-state index in [0.29, 0.717) is 34.0 Å². The van der Waals surface area contributed by atoms with Crippen LogP contribution in [0.5, 0.6) is 0 Å². The summed E-state index contributed by atoms with van der Waals surface area (Å²) in [6.45, 7) is 5.24. The molecule has 3 aromatic heterocycles. The first-order chi connectivity index (χ1) is 15.7. The molecule has 164 valence electrons. The van der Waals surface area contributed by atoms with E-state index >= 15 is 0 Å². The van der Waals surface area contributed by atoms with Crippen LogP contribution in [0, 0.1) is 0 Å². The van der Waals surface area contributed by atoms with Gasteiger partial charge in [-0.15, -0.1) is 0 Å². The van der Waals surface area contributed by atoms with Crippen molar-refractivity contribution in [2.24, 2.45) is 0 Å². The number of rotatable bonds is 6. The Balaban J connectivity index is 1.24. The van der Waals surface area contributed by atoms with Crippen LogP contribution in [0.1, 0.15) is 16.1 Å². The van der Waals surface area contributed by atoms with Gasteiger partial charge in [0.1, 0.15) is 17.5 Å². The van der Waals surface area contributed by atoms with E-state index in [1.54, 1.807) is 12.3 Å². The van der Waals surface area contributed by atoms with Crippen LogP contribution < -0.4 is 10.6 Å². The third-order valence-corrected chi connectivity index (χ3v) is 5.58. The normalized spacial score (nSPS) is 15.2. The molecule has 0 bridgehead atoms. The van der Waals surface area contributed by atoms with E-state index in [1.807, 2.05) is 12.1 Å². The lowest BCUT2D eigenvalue weighted by Crippen LogP contribution is -2.43. The topological polar surface area (TPSA) is 115 Å². The minimum atomic E-state index is -0.304.